The Morgan fingerprint density at radius 3 is 2.93 bits per heavy atom. The van der Waals surface area contributed by atoms with E-state index in [9.17, 15) is 20.0 Å². The van der Waals surface area contributed by atoms with Gasteiger partial charge in [0.1, 0.15) is 34.8 Å². The number of halogens is 1. The topological polar surface area (TPSA) is 127 Å². The molecule has 0 amide bonds. The molecule has 1 aromatic carbocycles. The number of fused-ring (bicyclic) bond motifs is 3. The van der Waals surface area contributed by atoms with Gasteiger partial charge in [-0.1, -0.05) is 5.16 Å². The number of nitriles is 1. The highest BCUT2D eigenvalue weighted by Crippen LogP contribution is 2.44. The zero-order valence-corrected chi connectivity index (χ0v) is 14.0. The number of rotatable bonds is 2. The van der Waals surface area contributed by atoms with Crippen molar-refractivity contribution in [3.63, 3.8) is 0 Å². The lowest BCUT2D eigenvalue weighted by Gasteiger charge is -2.09. The van der Waals surface area contributed by atoms with Gasteiger partial charge in [0.25, 0.3) is 11.4 Å². The molecule has 0 spiro atoms. The highest BCUT2D eigenvalue weighted by atomic mass is 19.1. The van der Waals surface area contributed by atoms with Crippen LogP contribution in [0, 0.1) is 29.3 Å². The molecule has 4 aromatic rings. The minimum atomic E-state index is -1.06. The smallest absolute Gasteiger partial charge is 0.279 e. The lowest BCUT2D eigenvalue weighted by Crippen LogP contribution is -2.33. The van der Waals surface area contributed by atoms with Gasteiger partial charge in [-0.25, -0.2) is 9.37 Å². The predicted molar refractivity (Wildman–Crippen MR) is 87.5 cm³/mol. The second kappa shape index (κ2) is 4.99. The van der Waals surface area contributed by atoms with E-state index >= 15 is 0 Å². The molecule has 1 aliphatic carbocycles. The molecule has 27 heavy (non-hydrogen) atoms. The van der Waals surface area contributed by atoms with E-state index in [-0.39, 0.29) is 34.2 Å². The number of hydrogen-bond donors (Lipinski definition) is 1. The molecule has 9 nitrogen and oxygen atoms in total. The van der Waals surface area contributed by atoms with Gasteiger partial charge in [-0.15, -0.1) is 0 Å². The Labute approximate surface area is 150 Å². The van der Waals surface area contributed by atoms with E-state index < -0.39 is 11.4 Å². The van der Waals surface area contributed by atoms with Crippen molar-refractivity contribution in [1.82, 2.24) is 19.5 Å². The third kappa shape index (κ3) is 2.00. The largest absolute Gasteiger partial charge is 0.618 e. The number of aryl methyl sites for hydroxylation is 1. The minimum Gasteiger partial charge on any atom is -0.618 e. The summed E-state index contributed by atoms with van der Waals surface area (Å²) in [4.78, 5) is 8.48. The number of aromatic nitrogens is 5. The Hall–Kier alpha value is -3.58. The maximum Gasteiger partial charge on any atom is 0.279 e. The fraction of sp³-hybridized carbons (Fsp3) is 0.235. The number of benzene rings is 1. The van der Waals surface area contributed by atoms with Crippen LogP contribution in [0.15, 0.2) is 23.0 Å². The maximum atomic E-state index is 14.0. The third-order valence-corrected chi connectivity index (χ3v) is 4.86. The summed E-state index contributed by atoms with van der Waals surface area (Å²) in [5.41, 5.74) is -0.291. The molecule has 3 aromatic heterocycles. The van der Waals surface area contributed by atoms with Gasteiger partial charge in [-0.2, -0.15) is 15.0 Å². The first-order valence-corrected chi connectivity index (χ1v) is 8.13. The SMILES string of the molecule is Cc1c2c(-c3nc(C4(O)CC4)no3)ncn2c2ccc(F)c(C#N)c2[n+]1[O-]. The summed E-state index contributed by atoms with van der Waals surface area (Å²) in [6, 6.07) is 4.27. The van der Waals surface area contributed by atoms with Gasteiger partial charge in [0.05, 0.1) is 0 Å². The van der Waals surface area contributed by atoms with E-state index in [2.05, 4.69) is 15.1 Å². The van der Waals surface area contributed by atoms with Gasteiger partial charge in [0, 0.05) is 6.92 Å². The standard InChI is InChI=1S/C17H11FN6O3/c1-8-13-12(15-21-16(22-27-15)17(25)4-5-17)20-7-23(13)11-3-2-10(18)9(6-19)14(11)24(8)26/h2-3,7,25H,4-5H2,1H3. The van der Waals surface area contributed by atoms with Crippen LogP contribution in [0.1, 0.15) is 29.9 Å². The average molecular weight is 366 g/mol. The van der Waals surface area contributed by atoms with Crippen molar-refractivity contribution in [2.24, 2.45) is 0 Å². The lowest BCUT2D eigenvalue weighted by molar-refractivity contribution is -0.583. The zero-order chi connectivity index (χ0) is 18.9. The number of hydrogen-bond acceptors (Lipinski definition) is 7. The normalized spacial score (nSPS) is 15.3. The summed E-state index contributed by atoms with van der Waals surface area (Å²) in [7, 11) is 0. The highest BCUT2D eigenvalue weighted by Gasteiger charge is 2.47. The van der Waals surface area contributed by atoms with Crippen molar-refractivity contribution in [1.29, 1.82) is 5.26 Å². The fourth-order valence-electron chi connectivity index (χ4n) is 3.21. The monoisotopic (exact) mass is 366 g/mol. The average Bonchev–Trinajstić information content (AvgIpc) is 3.09. The van der Waals surface area contributed by atoms with Crippen LogP contribution in [0.3, 0.4) is 0 Å². The van der Waals surface area contributed by atoms with Gasteiger partial charge in [0.15, 0.2) is 11.3 Å². The van der Waals surface area contributed by atoms with E-state index in [1.54, 1.807) is 10.5 Å². The first-order valence-electron chi connectivity index (χ1n) is 8.13. The Morgan fingerprint density at radius 2 is 2.22 bits per heavy atom. The fourth-order valence-corrected chi connectivity index (χ4v) is 3.21. The summed E-state index contributed by atoms with van der Waals surface area (Å²) < 4.78 is 21.3. The van der Waals surface area contributed by atoms with Crippen LogP contribution >= 0.6 is 0 Å². The molecule has 0 saturated heterocycles. The van der Waals surface area contributed by atoms with E-state index in [1.807, 2.05) is 0 Å². The molecule has 0 radical (unpaired) electrons. The van der Waals surface area contributed by atoms with Crippen molar-refractivity contribution in [3.8, 4) is 17.7 Å². The minimum absolute atomic E-state index is 0.0675. The molecule has 5 rings (SSSR count). The quantitative estimate of drug-likeness (QED) is 0.420. The van der Waals surface area contributed by atoms with Crippen molar-refractivity contribution < 1.29 is 18.8 Å². The van der Waals surface area contributed by atoms with Crippen LogP contribution in [-0.2, 0) is 5.60 Å². The van der Waals surface area contributed by atoms with Crippen LogP contribution in [0.4, 0.5) is 4.39 Å². The molecule has 1 N–H and O–H groups in total. The van der Waals surface area contributed by atoms with Gasteiger partial charge >= 0.3 is 0 Å². The van der Waals surface area contributed by atoms with Gasteiger partial charge in [-0.05, 0) is 25.0 Å². The van der Waals surface area contributed by atoms with Crippen molar-refractivity contribution in [2.75, 3.05) is 0 Å². The van der Waals surface area contributed by atoms with Crippen molar-refractivity contribution >= 4 is 16.6 Å². The van der Waals surface area contributed by atoms with Crippen molar-refractivity contribution in [3.05, 3.63) is 46.6 Å². The molecule has 0 aliphatic heterocycles. The summed E-state index contributed by atoms with van der Waals surface area (Å²) in [6.45, 7) is 1.53. The van der Waals surface area contributed by atoms with E-state index in [0.717, 1.165) is 6.07 Å². The molecule has 1 saturated carbocycles. The molecule has 134 valence electrons. The Balaban J connectivity index is 1.82. The van der Waals surface area contributed by atoms with E-state index in [0.29, 0.717) is 28.6 Å². The third-order valence-electron chi connectivity index (χ3n) is 4.86. The lowest BCUT2D eigenvalue weighted by atomic mass is 10.1. The highest BCUT2D eigenvalue weighted by molar-refractivity contribution is 5.85. The van der Waals surface area contributed by atoms with Crippen LogP contribution in [0.25, 0.3) is 28.1 Å². The summed E-state index contributed by atoms with van der Waals surface area (Å²) in [5, 5.41) is 35.9. The number of aliphatic hydroxyl groups is 1. The van der Waals surface area contributed by atoms with E-state index in [1.165, 1.54) is 19.3 Å². The molecule has 1 aliphatic rings. The number of nitrogens with zero attached hydrogens (tertiary/aromatic N) is 6. The van der Waals surface area contributed by atoms with E-state index in [4.69, 9.17) is 4.52 Å². The Bertz CT molecular complexity index is 1300. The maximum absolute atomic E-state index is 14.0. The van der Waals surface area contributed by atoms with Crippen LogP contribution in [0.5, 0.6) is 0 Å². The molecule has 1 fully saturated rings. The van der Waals surface area contributed by atoms with Crippen LogP contribution in [0.2, 0.25) is 0 Å². The van der Waals surface area contributed by atoms with Crippen LogP contribution in [-0.4, -0.2) is 24.6 Å². The zero-order valence-electron chi connectivity index (χ0n) is 14.0. The Morgan fingerprint density at radius 1 is 1.44 bits per heavy atom. The van der Waals surface area contributed by atoms with Crippen molar-refractivity contribution in [2.45, 2.75) is 25.4 Å². The molecule has 3 heterocycles. The molecule has 0 atom stereocenters. The molecule has 0 unspecified atom stereocenters. The Kier molecular flexibility index (Phi) is 2.89. The molecule has 10 heteroatoms. The van der Waals surface area contributed by atoms with Gasteiger partial charge < -0.3 is 14.8 Å². The summed E-state index contributed by atoms with van der Waals surface area (Å²) >= 11 is 0. The summed E-state index contributed by atoms with van der Waals surface area (Å²) in [6.07, 6.45) is 2.56. The van der Waals surface area contributed by atoms with Gasteiger partial charge in [-0.3, -0.25) is 4.40 Å². The first kappa shape index (κ1) is 15.7. The van der Waals surface area contributed by atoms with Gasteiger partial charge in [0.2, 0.25) is 11.5 Å². The first-order chi connectivity index (χ1) is 12.9. The second-order valence-corrected chi connectivity index (χ2v) is 6.55. The molecule has 0 bridgehead atoms. The molecular formula is C17H11FN6O3. The summed E-state index contributed by atoms with van der Waals surface area (Å²) in [5.74, 6) is -0.522. The second-order valence-electron chi connectivity index (χ2n) is 6.55. The van der Waals surface area contributed by atoms with Crippen LogP contribution < -0.4 is 4.73 Å². The molecular weight excluding hydrogens is 355 g/mol. The number of imidazole rings is 1. The predicted octanol–water partition coefficient (Wildman–Crippen LogP) is 1.47.